The van der Waals surface area contributed by atoms with Crippen LogP contribution in [0, 0.1) is 0 Å². The molecule has 6 nitrogen and oxygen atoms in total. The lowest BCUT2D eigenvalue weighted by molar-refractivity contribution is -0.158. The van der Waals surface area contributed by atoms with Crippen LogP contribution in [0.25, 0.3) is 11.1 Å². The van der Waals surface area contributed by atoms with Gasteiger partial charge in [-0.1, -0.05) is 38.8 Å². The molecule has 0 spiro atoms. The molecule has 36 heavy (non-hydrogen) atoms. The van der Waals surface area contributed by atoms with Crippen molar-refractivity contribution in [1.29, 1.82) is 0 Å². The van der Waals surface area contributed by atoms with Gasteiger partial charge in [-0.3, -0.25) is 4.99 Å². The van der Waals surface area contributed by atoms with Crippen LogP contribution in [0.4, 0.5) is 20.3 Å². The van der Waals surface area contributed by atoms with Gasteiger partial charge in [-0.05, 0) is 66.8 Å². The molecule has 0 fully saturated rings. The van der Waals surface area contributed by atoms with Gasteiger partial charge in [-0.25, -0.2) is 4.98 Å². The van der Waals surface area contributed by atoms with E-state index in [1.807, 2.05) is 26.0 Å². The number of benzene rings is 1. The molecule has 0 aliphatic carbocycles. The number of aromatic nitrogens is 1. The Bertz CT molecular complexity index is 994. The fourth-order valence-corrected chi connectivity index (χ4v) is 3.41. The fourth-order valence-electron chi connectivity index (χ4n) is 3.41. The highest BCUT2D eigenvalue weighted by Gasteiger charge is 2.23. The number of nitrogens with one attached hydrogen (secondary N) is 1. The topological polar surface area (TPSA) is 92.8 Å². The molecule has 1 heterocycles. The summed E-state index contributed by atoms with van der Waals surface area (Å²) in [6.07, 6.45) is 8.47. The Labute approximate surface area is 214 Å². The minimum absolute atomic E-state index is 0.0823. The number of anilines is 2. The molecule has 2 aromatic rings. The van der Waals surface area contributed by atoms with E-state index in [-0.39, 0.29) is 5.75 Å². The highest BCUT2D eigenvalue weighted by Crippen LogP contribution is 2.32. The van der Waals surface area contributed by atoms with Crippen molar-refractivity contribution in [2.75, 3.05) is 25.5 Å². The van der Waals surface area contributed by atoms with Crippen LogP contribution in [0.2, 0.25) is 0 Å². The largest absolute Gasteiger partial charge is 0.433 e. The molecule has 4 N–H and O–H groups in total. The first-order chi connectivity index (χ1) is 17.2. The molecular weight excluding hydrogens is 462 g/mol. The third kappa shape index (κ3) is 10.7. The summed E-state index contributed by atoms with van der Waals surface area (Å²) >= 11 is 0. The number of nitrogens with two attached hydrogens (primary N) is 1. The molecule has 0 unspecified atom stereocenters. The Morgan fingerprint density at radius 1 is 1.19 bits per heavy atom. The summed E-state index contributed by atoms with van der Waals surface area (Å²) in [5, 5.41) is 11.5. The second-order valence-corrected chi connectivity index (χ2v) is 8.05. The van der Waals surface area contributed by atoms with Crippen molar-refractivity contribution in [1.82, 2.24) is 4.98 Å². The van der Waals surface area contributed by atoms with Gasteiger partial charge in [-0.15, -0.1) is 0 Å². The summed E-state index contributed by atoms with van der Waals surface area (Å²) in [5.74, 6) is 0.704. The van der Waals surface area contributed by atoms with E-state index in [0.717, 1.165) is 41.5 Å². The quantitative estimate of drug-likeness (QED) is 0.218. The van der Waals surface area contributed by atoms with Gasteiger partial charge >= 0.3 is 6.11 Å². The zero-order chi connectivity index (χ0) is 27.0. The lowest BCUT2D eigenvalue weighted by Crippen LogP contribution is -2.18. The first-order valence-electron chi connectivity index (χ1n) is 12.3. The van der Waals surface area contributed by atoms with Gasteiger partial charge in [0, 0.05) is 50.8 Å². The van der Waals surface area contributed by atoms with E-state index in [4.69, 9.17) is 10.8 Å². The van der Waals surface area contributed by atoms with Crippen LogP contribution >= 0.6 is 0 Å². The fraction of sp³-hybridized carbons (Fsp3) is 0.429. The second-order valence-electron chi connectivity index (χ2n) is 8.05. The van der Waals surface area contributed by atoms with Gasteiger partial charge in [-0.2, -0.15) is 8.78 Å². The summed E-state index contributed by atoms with van der Waals surface area (Å²) in [6, 6.07) is 8.22. The van der Waals surface area contributed by atoms with E-state index in [1.54, 1.807) is 31.6 Å². The number of ether oxygens (including phenoxy) is 1. The van der Waals surface area contributed by atoms with Crippen molar-refractivity contribution < 1.29 is 18.6 Å². The number of alkyl halides is 2. The number of unbranched alkanes of at least 4 members (excludes halogenated alkanes) is 2. The highest BCUT2D eigenvalue weighted by molar-refractivity contribution is 6.12. The maximum Gasteiger partial charge on any atom is 0.394 e. The molecule has 1 aromatic carbocycles. The highest BCUT2D eigenvalue weighted by atomic mass is 19.3. The van der Waals surface area contributed by atoms with Gasteiger partial charge in [0.25, 0.3) is 0 Å². The van der Waals surface area contributed by atoms with Gasteiger partial charge in [0.05, 0.1) is 0 Å². The van der Waals surface area contributed by atoms with Crippen LogP contribution in [0.3, 0.4) is 0 Å². The predicted molar refractivity (Wildman–Crippen MR) is 147 cm³/mol. The normalized spacial score (nSPS) is 12.4. The Morgan fingerprint density at radius 2 is 1.89 bits per heavy atom. The van der Waals surface area contributed by atoms with Gasteiger partial charge in [0.15, 0.2) is 0 Å². The van der Waals surface area contributed by atoms with Crippen molar-refractivity contribution in [3.63, 3.8) is 0 Å². The van der Waals surface area contributed by atoms with E-state index >= 15 is 0 Å². The minimum atomic E-state index is -3.23. The Balaban J connectivity index is 0.000000960. The molecule has 0 aliphatic heterocycles. The summed E-state index contributed by atoms with van der Waals surface area (Å²) in [7, 11) is 1.72. The SMILES string of the molecule is C/C=C(\C=NC)c1ccnc(Nc2ccc(OC(C)(F)F)cc2)c1/C(=C/CC)CN.CCCCCO. The van der Waals surface area contributed by atoms with Crippen LogP contribution in [0.5, 0.6) is 5.75 Å². The average molecular weight is 503 g/mol. The minimum Gasteiger partial charge on any atom is -0.433 e. The van der Waals surface area contributed by atoms with Crippen LogP contribution < -0.4 is 15.8 Å². The van der Waals surface area contributed by atoms with Crippen LogP contribution in [-0.4, -0.2) is 42.6 Å². The molecular formula is C28H40F2N4O2. The molecule has 0 atom stereocenters. The summed E-state index contributed by atoms with van der Waals surface area (Å²) in [6.45, 7) is 7.52. The number of aliphatic hydroxyl groups excluding tert-OH is 1. The molecule has 0 saturated heterocycles. The van der Waals surface area contributed by atoms with E-state index in [9.17, 15) is 8.78 Å². The molecule has 8 heteroatoms. The summed E-state index contributed by atoms with van der Waals surface area (Å²) in [5.41, 5.74) is 10.5. The standard InChI is InChI=1S/C23H28F2N4O.C5H12O/c1-5-7-17(14-26)21-20(16(6-2)15-27-4)12-13-28-22(21)29-18-8-10-19(11-9-18)30-23(3,24)25;1-2-3-4-5-6/h6-13,15H,5,14,26H2,1-4H3,(H,28,29);6H,2-5H2,1H3/b16-6+,17-7+,27-15?;. The predicted octanol–water partition coefficient (Wildman–Crippen LogP) is 6.84. The molecule has 1 aromatic heterocycles. The third-order valence-electron chi connectivity index (χ3n) is 5.01. The molecule has 198 valence electrons. The van der Waals surface area contributed by atoms with Crippen molar-refractivity contribution >= 4 is 28.9 Å². The average Bonchev–Trinajstić information content (AvgIpc) is 2.85. The maximum atomic E-state index is 13.0. The number of nitrogens with zero attached hydrogens (tertiary/aromatic N) is 2. The van der Waals surface area contributed by atoms with Crippen molar-refractivity contribution in [2.45, 2.75) is 59.5 Å². The van der Waals surface area contributed by atoms with E-state index in [1.165, 1.54) is 18.6 Å². The zero-order valence-electron chi connectivity index (χ0n) is 22.0. The lowest BCUT2D eigenvalue weighted by Gasteiger charge is -2.18. The van der Waals surface area contributed by atoms with E-state index < -0.39 is 6.11 Å². The Kier molecular flexibility index (Phi) is 14.2. The van der Waals surface area contributed by atoms with Crippen LogP contribution in [0.15, 0.2) is 53.7 Å². The van der Waals surface area contributed by atoms with Crippen LogP contribution in [0.1, 0.15) is 64.5 Å². The van der Waals surface area contributed by atoms with Gasteiger partial charge < -0.3 is 20.9 Å². The number of halogens is 2. The van der Waals surface area contributed by atoms with Crippen molar-refractivity contribution in [3.05, 3.63) is 59.8 Å². The molecule has 2 rings (SSSR count). The first-order valence-corrected chi connectivity index (χ1v) is 12.3. The molecule has 0 aliphatic rings. The number of pyridine rings is 1. The number of allylic oxidation sites excluding steroid dienone is 3. The number of hydrogen-bond acceptors (Lipinski definition) is 6. The lowest BCUT2D eigenvalue weighted by atomic mass is 9.94. The smallest absolute Gasteiger partial charge is 0.394 e. The zero-order valence-corrected chi connectivity index (χ0v) is 22.0. The first kappa shape index (κ1) is 30.9. The molecule has 0 saturated carbocycles. The van der Waals surface area contributed by atoms with Crippen molar-refractivity contribution in [3.8, 4) is 5.75 Å². The van der Waals surface area contributed by atoms with Gasteiger partial charge in [0.1, 0.15) is 11.6 Å². The monoisotopic (exact) mass is 502 g/mol. The summed E-state index contributed by atoms with van der Waals surface area (Å²) in [4.78, 5) is 8.66. The number of hydrogen-bond donors (Lipinski definition) is 3. The number of aliphatic imine (C=N–C) groups is 1. The molecule has 0 bridgehead atoms. The van der Waals surface area contributed by atoms with Crippen molar-refractivity contribution in [2.24, 2.45) is 10.7 Å². The Morgan fingerprint density at radius 3 is 2.36 bits per heavy atom. The maximum absolute atomic E-state index is 13.0. The Hall–Kier alpha value is -3.10. The molecule has 0 amide bonds. The van der Waals surface area contributed by atoms with E-state index in [0.29, 0.717) is 31.6 Å². The molecule has 0 radical (unpaired) electrons. The van der Waals surface area contributed by atoms with E-state index in [2.05, 4.69) is 33.0 Å². The second kappa shape index (κ2) is 16.5. The number of aliphatic hydroxyl groups is 1. The number of rotatable bonds is 12. The van der Waals surface area contributed by atoms with Gasteiger partial charge in [0.2, 0.25) is 0 Å². The third-order valence-corrected chi connectivity index (χ3v) is 5.01. The summed E-state index contributed by atoms with van der Waals surface area (Å²) < 4.78 is 30.7. The van der Waals surface area contributed by atoms with Crippen LogP contribution in [-0.2, 0) is 0 Å².